The van der Waals surface area contributed by atoms with Gasteiger partial charge in [-0.1, -0.05) is 13.8 Å². The second kappa shape index (κ2) is 6.76. The van der Waals surface area contributed by atoms with Crippen LogP contribution in [0.4, 0.5) is 0 Å². The lowest BCUT2D eigenvalue weighted by molar-refractivity contribution is -0.123. The Balaban J connectivity index is 2.49. The summed E-state index contributed by atoms with van der Waals surface area (Å²) in [4.78, 5) is 28.3. The summed E-state index contributed by atoms with van der Waals surface area (Å²) in [5.41, 5.74) is 1.82. The van der Waals surface area contributed by atoms with Gasteiger partial charge in [-0.25, -0.2) is 14.5 Å². The molecular formula is C16H22N4O3. The number of nitrogens with zero attached hydrogens (tertiary/aromatic N) is 3. The fourth-order valence-electron chi connectivity index (χ4n) is 2.16. The van der Waals surface area contributed by atoms with Crippen molar-refractivity contribution in [2.45, 2.75) is 39.7 Å². The van der Waals surface area contributed by atoms with Gasteiger partial charge in [-0.3, -0.25) is 4.79 Å². The minimum absolute atomic E-state index is 0.122. The number of carbonyl (C=O) groups excluding carboxylic acids is 2. The molecule has 0 aliphatic carbocycles. The van der Waals surface area contributed by atoms with Gasteiger partial charge < -0.3 is 10.1 Å². The molecule has 2 aromatic heterocycles. The third kappa shape index (κ3) is 3.49. The maximum Gasteiger partial charge on any atom is 0.339 e. The van der Waals surface area contributed by atoms with Crippen molar-refractivity contribution in [1.82, 2.24) is 20.1 Å². The zero-order valence-electron chi connectivity index (χ0n) is 14.1. The molecule has 124 valence electrons. The summed E-state index contributed by atoms with van der Waals surface area (Å²) in [7, 11) is 1.49. The van der Waals surface area contributed by atoms with Crippen molar-refractivity contribution in [2.75, 3.05) is 13.7 Å². The van der Waals surface area contributed by atoms with E-state index in [0.717, 1.165) is 5.69 Å². The Bertz CT molecular complexity index is 734. The lowest BCUT2D eigenvalue weighted by Crippen LogP contribution is -2.25. The minimum atomic E-state index is -0.550. The number of pyridine rings is 1. The van der Waals surface area contributed by atoms with Crippen molar-refractivity contribution >= 4 is 22.9 Å². The van der Waals surface area contributed by atoms with Gasteiger partial charge in [-0.05, 0) is 25.8 Å². The number of aromatic nitrogens is 3. The average Bonchev–Trinajstić information content (AvgIpc) is 2.95. The Morgan fingerprint density at radius 2 is 2.00 bits per heavy atom. The highest BCUT2D eigenvalue weighted by atomic mass is 16.5. The first-order valence-electron chi connectivity index (χ1n) is 7.61. The van der Waals surface area contributed by atoms with Crippen LogP contribution in [0.15, 0.2) is 12.3 Å². The molecule has 0 aliphatic rings. The number of carbonyl (C=O) groups is 2. The van der Waals surface area contributed by atoms with Crippen LogP contribution in [0, 0.1) is 0 Å². The molecule has 7 nitrogen and oxygen atoms in total. The van der Waals surface area contributed by atoms with E-state index >= 15 is 0 Å². The Labute approximate surface area is 135 Å². The molecule has 0 aromatic carbocycles. The predicted octanol–water partition coefficient (Wildman–Crippen LogP) is 2.04. The normalized spacial score (nSPS) is 11.3. The molecule has 0 saturated heterocycles. The van der Waals surface area contributed by atoms with E-state index in [1.807, 2.05) is 27.7 Å². The van der Waals surface area contributed by atoms with E-state index in [0.29, 0.717) is 16.6 Å². The third-order valence-corrected chi connectivity index (χ3v) is 3.50. The summed E-state index contributed by atoms with van der Waals surface area (Å²) < 4.78 is 6.85. The van der Waals surface area contributed by atoms with Crippen LogP contribution in [-0.2, 0) is 9.53 Å². The van der Waals surface area contributed by atoms with Gasteiger partial charge in [0.1, 0.15) is 0 Å². The molecule has 0 bridgehead atoms. The van der Waals surface area contributed by atoms with Crippen LogP contribution in [0.3, 0.4) is 0 Å². The summed E-state index contributed by atoms with van der Waals surface area (Å²) in [5, 5.41) is 7.36. The van der Waals surface area contributed by atoms with E-state index in [2.05, 4.69) is 15.4 Å². The summed E-state index contributed by atoms with van der Waals surface area (Å²) in [6.45, 7) is 7.70. The average molecular weight is 318 g/mol. The van der Waals surface area contributed by atoms with E-state index in [1.165, 1.54) is 7.05 Å². The molecule has 0 atom stereocenters. The van der Waals surface area contributed by atoms with Gasteiger partial charge in [0, 0.05) is 18.8 Å². The topological polar surface area (TPSA) is 86.1 Å². The van der Waals surface area contributed by atoms with Gasteiger partial charge in [0.05, 0.1) is 17.1 Å². The molecule has 0 unspecified atom stereocenters. The summed E-state index contributed by atoms with van der Waals surface area (Å²) in [5.74, 6) is -0.753. The number of fused-ring (bicyclic) bond motifs is 1. The number of hydrogen-bond acceptors (Lipinski definition) is 5. The maximum atomic E-state index is 12.4. The number of ether oxygens (including phenoxy) is 1. The molecule has 0 saturated carbocycles. The molecule has 0 aliphatic heterocycles. The number of amides is 1. The SMILES string of the molecule is CNC(=O)COC(=O)c1cc(C(C)C)nc2c1cnn2C(C)C. The molecular weight excluding hydrogens is 296 g/mol. The molecule has 0 spiro atoms. The molecule has 1 N–H and O–H groups in total. The van der Waals surface area contributed by atoms with Gasteiger partial charge in [0.15, 0.2) is 12.3 Å². The highest BCUT2D eigenvalue weighted by Crippen LogP contribution is 2.24. The van der Waals surface area contributed by atoms with E-state index in [9.17, 15) is 9.59 Å². The fraction of sp³-hybridized carbons (Fsp3) is 0.500. The van der Waals surface area contributed by atoms with Crippen LogP contribution in [0.5, 0.6) is 0 Å². The Kier molecular flexibility index (Phi) is 4.98. The largest absolute Gasteiger partial charge is 0.452 e. The standard InChI is InChI=1S/C16H22N4O3/c1-9(2)13-6-11(16(22)23-8-14(21)17-5)12-7-18-20(10(3)4)15(12)19-13/h6-7,9-10H,8H2,1-5H3,(H,17,21). The monoisotopic (exact) mass is 318 g/mol. The molecule has 2 rings (SSSR count). The number of nitrogens with one attached hydrogen (secondary N) is 1. The molecule has 0 fully saturated rings. The van der Waals surface area contributed by atoms with E-state index in [-0.39, 0.29) is 24.5 Å². The van der Waals surface area contributed by atoms with E-state index in [1.54, 1.807) is 16.9 Å². The molecule has 23 heavy (non-hydrogen) atoms. The molecule has 1 amide bonds. The zero-order valence-corrected chi connectivity index (χ0v) is 14.1. The predicted molar refractivity (Wildman–Crippen MR) is 86.4 cm³/mol. The van der Waals surface area contributed by atoms with Crippen LogP contribution in [0.25, 0.3) is 11.0 Å². The number of rotatable bonds is 5. The second-order valence-electron chi connectivity index (χ2n) is 5.92. The maximum absolute atomic E-state index is 12.4. The van der Waals surface area contributed by atoms with E-state index in [4.69, 9.17) is 4.74 Å². The number of esters is 1. The van der Waals surface area contributed by atoms with Crippen molar-refractivity contribution in [2.24, 2.45) is 0 Å². The second-order valence-corrected chi connectivity index (χ2v) is 5.92. The van der Waals surface area contributed by atoms with Gasteiger partial charge in [0.25, 0.3) is 5.91 Å². The van der Waals surface area contributed by atoms with Gasteiger partial charge in [-0.2, -0.15) is 5.10 Å². The molecule has 7 heteroatoms. The first kappa shape index (κ1) is 16.9. The number of likely N-dealkylation sites (N-methyl/N-ethyl adjacent to an activating group) is 1. The quantitative estimate of drug-likeness (QED) is 0.853. The minimum Gasteiger partial charge on any atom is -0.452 e. The van der Waals surface area contributed by atoms with Gasteiger partial charge in [-0.15, -0.1) is 0 Å². The Morgan fingerprint density at radius 3 is 2.57 bits per heavy atom. The van der Waals surface area contributed by atoms with Crippen LogP contribution >= 0.6 is 0 Å². The van der Waals surface area contributed by atoms with Crippen molar-refractivity contribution < 1.29 is 14.3 Å². The summed E-state index contributed by atoms with van der Waals surface area (Å²) in [6.07, 6.45) is 1.61. The first-order chi connectivity index (χ1) is 10.8. The van der Waals surface area contributed by atoms with Gasteiger partial charge in [0.2, 0.25) is 0 Å². The lowest BCUT2D eigenvalue weighted by Gasteiger charge is -2.12. The van der Waals surface area contributed by atoms with Crippen molar-refractivity contribution in [3.05, 3.63) is 23.5 Å². The smallest absolute Gasteiger partial charge is 0.339 e. The Morgan fingerprint density at radius 1 is 1.30 bits per heavy atom. The molecule has 0 radical (unpaired) electrons. The first-order valence-corrected chi connectivity index (χ1v) is 7.61. The number of hydrogen-bond donors (Lipinski definition) is 1. The van der Waals surface area contributed by atoms with Crippen molar-refractivity contribution in [3.8, 4) is 0 Å². The zero-order chi connectivity index (χ0) is 17.1. The third-order valence-electron chi connectivity index (χ3n) is 3.50. The molecule has 2 aromatic rings. The van der Waals surface area contributed by atoms with Crippen LogP contribution in [0.1, 0.15) is 55.7 Å². The van der Waals surface area contributed by atoms with Crippen molar-refractivity contribution in [3.63, 3.8) is 0 Å². The lowest BCUT2D eigenvalue weighted by atomic mass is 10.1. The summed E-state index contributed by atoms with van der Waals surface area (Å²) in [6, 6.07) is 1.84. The van der Waals surface area contributed by atoms with E-state index < -0.39 is 5.97 Å². The molecule has 2 heterocycles. The van der Waals surface area contributed by atoms with Crippen LogP contribution in [-0.4, -0.2) is 40.3 Å². The fourth-order valence-corrected chi connectivity index (χ4v) is 2.16. The Hall–Kier alpha value is -2.44. The highest BCUT2D eigenvalue weighted by molar-refractivity contribution is 6.03. The van der Waals surface area contributed by atoms with Crippen LogP contribution < -0.4 is 5.32 Å². The summed E-state index contributed by atoms with van der Waals surface area (Å²) >= 11 is 0. The van der Waals surface area contributed by atoms with Crippen molar-refractivity contribution in [1.29, 1.82) is 0 Å². The van der Waals surface area contributed by atoms with Gasteiger partial charge >= 0.3 is 5.97 Å². The highest BCUT2D eigenvalue weighted by Gasteiger charge is 2.20. The van der Waals surface area contributed by atoms with Crippen LogP contribution in [0.2, 0.25) is 0 Å².